The van der Waals surface area contributed by atoms with Crippen LogP contribution in [0.2, 0.25) is 0 Å². The number of ether oxygens (including phenoxy) is 1. The zero-order chi connectivity index (χ0) is 15.1. The number of nitrogens with zero attached hydrogens (tertiary/aromatic N) is 2. The van der Waals surface area contributed by atoms with E-state index in [9.17, 15) is 14.7 Å². The van der Waals surface area contributed by atoms with Crippen molar-refractivity contribution in [1.29, 1.82) is 5.41 Å². The predicted octanol–water partition coefficient (Wildman–Crippen LogP) is -2.47. The normalized spacial score (nSPS) is 25.5. The average Bonchev–Trinajstić information content (AvgIpc) is 2.79. The zero-order valence-electron chi connectivity index (χ0n) is 10.7. The highest BCUT2D eigenvalue weighted by Crippen LogP contribution is 2.29. The van der Waals surface area contributed by atoms with Crippen LogP contribution in [0.4, 0.5) is 0 Å². The third-order valence-electron chi connectivity index (χ3n) is 3.42. The lowest BCUT2D eigenvalue weighted by Crippen LogP contribution is -2.30. The van der Waals surface area contributed by atoms with Crippen molar-refractivity contribution in [3.8, 4) is 0 Å². The van der Waals surface area contributed by atoms with E-state index in [1.807, 2.05) is 4.98 Å². The van der Waals surface area contributed by atoms with Crippen LogP contribution in [0.5, 0.6) is 0 Å². The molecule has 0 bridgehead atoms. The molecule has 0 unspecified atom stereocenters. The fourth-order valence-corrected chi connectivity index (χ4v) is 2.40. The number of rotatable bonds is 2. The van der Waals surface area contributed by atoms with Gasteiger partial charge >= 0.3 is 5.69 Å². The van der Waals surface area contributed by atoms with Crippen molar-refractivity contribution in [2.75, 3.05) is 6.61 Å². The van der Waals surface area contributed by atoms with Crippen molar-refractivity contribution < 1.29 is 14.9 Å². The van der Waals surface area contributed by atoms with Gasteiger partial charge in [0.1, 0.15) is 29.7 Å². The molecule has 3 atom stereocenters. The molecule has 1 fully saturated rings. The molecule has 0 saturated carbocycles. The molecule has 0 aliphatic carbocycles. The minimum atomic E-state index is -0.869. The van der Waals surface area contributed by atoms with Crippen molar-refractivity contribution >= 4 is 11.0 Å². The van der Waals surface area contributed by atoms with Gasteiger partial charge in [-0.2, -0.15) is 0 Å². The summed E-state index contributed by atoms with van der Waals surface area (Å²) in [5.41, 5.74) is -1.64. The Labute approximate surface area is 116 Å². The van der Waals surface area contributed by atoms with E-state index in [-0.39, 0.29) is 29.5 Å². The quantitative estimate of drug-likeness (QED) is 0.413. The fraction of sp³-hybridized carbons (Fsp3) is 0.455. The lowest BCUT2D eigenvalue weighted by molar-refractivity contribution is -0.0435. The highest BCUT2D eigenvalue weighted by Gasteiger charge is 2.35. The Bertz CT molecular complexity index is 852. The Morgan fingerprint density at radius 2 is 2.24 bits per heavy atom. The second kappa shape index (κ2) is 4.91. The largest absolute Gasteiger partial charge is 0.394 e. The maximum absolute atomic E-state index is 11.8. The zero-order valence-corrected chi connectivity index (χ0v) is 10.7. The molecule has 10 nitrogen and oxygen atoms in total. The predicted molar refractivity (Wildman–Crippen MR) is 68.4 cm³/mol. The van der Waals surface area contributed by atoms with Crippen LogP contribution in [0.25, 0.3) is 11.0 Å². The van der Waals surface area contributed by atoms with Gasteiger partial charge in [-0.3, -0.25) is 24.7 Å². The van der Waals surface area contributed by atoms with E-state index in [2.05, 4.69) is 9.97 Å². The van der Waals surface area contributed by atoms with Gasteiger partial charge in [0, 0.05) is 6.42 Å². The van der Waals surface area contributed by atoms with Crippen molar-refractivity contribution in [3.05, 3.63) is 32.7 Å². The summed E-state index contributed by atoms with van der Waals surface area (Å²) in [6.45, 7) is -0.350. The Balaban J connectivity index is 2.21. The van der Waals surface area contributed by atoms with Crippen LogP contribution < -0.4 is 16.7 Å². The molecule has 1 aliphatic heterocycles. The number of hydrogen-bond acceptors (Lipinski definition) is 7. The molecule has 0 radical (unpaired) electrons. The van der Waals surface area contributed by atoms with E-state index >= 15 is 0 Å². The summed E-state index contributed by atoms with van der Waals surface area (Å²) < 4.78 is 6.83. The summed E-state index contributed by atoms with van der Waals surface area (Å²) in [5.74, 6) is 0. The first-order valence-corrected chi connectivity index (χ1v) is 6.23. The van der Waals surface area contributed by atoms with Crippen LogP contribution in [0.15, 0.2) is 15.9 Å². The standard InChI is InChI=1S/C11H13N5O5/c12-8-7-9(14-11(20)15-10(7)19)16(3-13-8)6-1-4(18)5(2-17)21-6/h3-6,12,17-18H,1-2H2,(H2,14,15,19,20)/t4-,5+,6-/m0/s1. The van der Waals surface area contributed by atoms with Gasteiger partial charge in [0.15, 0.2) is 5.49 Å². The molecule has 1 aliphatic rings. The van der Waals surface area contributed by atoms with Gasteiger partial charge in [-0.05, 0) is 0 Å². The number of H-pyrrole nitrogens is 2. The smallest absolute Gasteiger partial charge is 0.327 e. The summed E-state index contributed by atoms with van der Waals surface area (Å²) in [5, 5.41) is 26.4. The summed E-state index contributed by atoms with van der Waals surface area (Å²) in [6, 6.07) is 0. The Hall–Kier alpha value is -2.30. The third kappa shape index (κ3) is 2.18. The number of hydrogen-bond donors (Lipinski definition) is 5. The first-order chi connectivity index (χ1) is 10.0. The van der Waals surface area contributed by atoms with E-state index in [4.69, 9.17) is 15.3 Å². The van der Waals surface area contributed by atoms with Gasteiger partial charge < -0.3 is 14.9 Å². The molecule has 112 valence electrons. The number of aliphatic hydroxyl groups is 2. The van der Waals surface area contributed by atoms with E-state index in [0.29, 0.717) is 0 Å². The maximum Gasteiger partial charge on any atom is 0.327 e. The van der Waals surface area contributed by atoms with E-state index < -0.39 is 29.7 Å². The van der Waals surface area contributed by atoms with E-state index in [1.54, 1.807) is 0 Å². The van der Waals surface area contributed by atoms with Gasteiger partial charge in [-0.15, -0.1) is 0 Å². The molecule has 1 saturated heterocycles. The molecule has 3 heterocycles. The van der Waals surface area contributed by atoms with Crippen molar-refractivity contribution in [2.45, 2.75) is 24.9 Å². The van der Waals surface area contributed by atoms with Crippen LogP contribution in [0, 0.1) is 5.41 Å². The van der Waals surface area contributed by atoms with E-state index in [0.717, 1.165) is 0 Å². The molecule has 0 amide bonds. The van der Waals surface area contributed by atoms with Gasteiger partial charge in [-0.25, -0.2) is 9.78 Å². The fourth-order valence-electron chi connectivity index (χ4n) is 2.40. The lowest BCUT2D eigenvalue weighted by atomic mass is 10.2. The SMILES string of the molecule is N=c1ncn([C@@H]2C[C@H](O)[C@@H](CO)O2)c2[nH]c(=O)[nH]c(=O)c12. The molecular formula is C11H13N5O5. The molecule has 21 heavy (non-hydrogen) atoms. The van der Waals surface area contributed by atoms with Gasteiger partial charge in [0.05, 0.1) is 12.7 Å². The molecule has 10 heteroatoms. The van der Waals surface area contributed by atoms with Gasteiger partial charge in [0.25, 0.3) is 5.56 Å². The highest BCUT2D eigenvalue weighted by atomic mass is 16.5. The number of aliphatic hydroxyl groups excluding tert-OH is 2. The molecule has 2 aromatic heterocycles. The highest BCUT2D eigenvalue weighted by molar-refractivity contribution is 5.71. The Morgan fingerprint density at radius 3 is 2.90 bits per heavy atom. The number of aromatic nitrogens is 4. The molecule has 2 aromatic rings. The van der Waals surface area contributed by atoms with Crippen molar-refractivity contribution in [3.63, 3.8) is 0 Å². The third-order valence-corrected chi connectivity index (χ3v) is 3.42. The first kappa shape index (κ1) is 13.7. The molecular weight excluding hydrogens is 282 g/mol. The van der Waals surface area contributed by atoms with Gasteiger partial charge in [-0.1, -0.05) is 0 Å². The van der Waals surface area contributed by atoms with Crippen LogP contribution >= 0.6 is 0 Å². The lowest BCUT2D eigenvalue weighted by Gasteiger charge is -2.16. The van der Waals surface area contributed by atoms with E-state index in [1.165, 1.54) is 10.9 Å². The van der Waals surface area contributed by atoms with Crippen LogP contribution in [-0.2, 0) is 4.74 Å². The number of nitrogens with one attached hydrogen (secondary N) is 3. The minimum absolute atomic E-state index is 0.0809. The van der Waals surface area contributed by atoms with Crippen LogP contribution in [0.3, 0.4) is 0 Å². The van der Waals surface area contributed by atoms with Crippen LogP contribution in [-0.4, -0.2) is 48.5 Å². The molecule has 5 N–H and O–H groups in total. The Kier molecular flexibility index (Phi) is 3.20. The average molecular weight is 295 g/mol. The number of fused-ring (bicyclic) bond motifs is 1. The topological polar surface area (TPSA) is 157 Å². The Morgan fingerprint density at radius 1 is 1.48 bits per heavy atom. The maximum atomic E-state index is 11.8. The van der Waals surface area contributed by atoms with Gasteiger partial charge in [0.2, 0.25) is 0 Å². The second-order valence-electron chi connectivity index (χ2n) is 4.75. The second-order valence-corrected chi connectivity index (χ2v) is 4.75. The number of aromatic amines is 2. The molecule has 3 rings (SSSR count). The molecule has 0 spiro atoms. The van der Waals surface area contributed by atoms with Crippen LogP contribution in [0.1, 0.15) is 12.6 Å². The first-order valence-electron chi connectivity index (χ1n) is 6.23. The van der Waals surface area contributed by atoms with Crippen molar-refractivity contribution in [1.82, 2.24) is 19.5 Å². The summed E-state index contributed by atoms with van der Waals surface area (Å²) in [6.07, 6.45) is -0.908. The summed E-state index contributed by atoms with van der Waals surface area (Å²) in [7, 11) is 0. The van der Waals surface area contributed by atoms with Crippen molar-refractivity contribution in [2.24, 2.45) is 0 Å². The monoisotopic (exact) mass is 295 g/mol. The summed E-state index contributed by atoms with van der Waals surface area (Å²) in [4.78, 5) is 31.5. The molecule has 0 aromatic carbocycles. The summed E-state index contributed by atoms with van der Waals surface area (Å²) >= 11 is 0. The minimum Gasteiger partial charge on any atom is -0.394 e.